The maximum Gasteiger partial charge on any atom is 0.123 e. The monoisotopic (exact) mass is 296 g/mol. The summed E-state index contributed by atoms with van der Waals surface area (Å²) in [6, 6.07) is 4.92. The van der Waals surface area contributed by atoms with E-state index in [0.29, 0.717) is 19.1 Å². The number of halogens is 1. The van der Waals surface area contributed by atoms with E-state index in [1.54, 1.807) is 13.2 Å². The maximum atomic E-state index is 13.5. The number of rotatable bonds is 8. The first-order chi connectivity index (χ1) is 10.1. The highest BCUT2D eigenvalue weighted by atomic mass is 19.1. The van der Waals surface area contributed by atoms with Crippen molar-refractivity contribution in [3.05, 3.63) is 29.6 Å². The highest BCUT2D eigenvalue weighted by Crippen LogP contribution is 2.30. The summed E-state index contributed by atoms with van der Waals surface area (Å²) >= 11 is 0. The fourth-order valence-electron chi connectivity index (χ4n) is 2.80. The average molecular weight is 296 g/mol. The van der Waals surface area contributed by atoms with Gasteiger partial charge >= 0.3 is 0 Å². The smallest absolute Gasteiger partial charge is 0.123 e. The van der Waals surface area contributed by atoms with Crippen LogP contribution < -0.4 is 10.2 Å². The van der Waals surface area contributed by atoms with Crippen molar-refractivity contribution < 1.29 is 14.2 Å². The average Bonchev–Trinajstić information content (AvgIpc) is 2.42. The number of nitrogens with one attached hydrogen (secondary N) is 1. The van der Waals surface area contributed by atoms with Crippen molar-refractivity contribution >= 4 is 5.69 Å². The second kappa shape index (κ2) is 7.73. The van der Waals surface area contributed by atoms with Crippen LogP contribution in [-0.4, -0.2) is 45.1 Å². The summed E-state index contributed by atoms with van der Waals surface area (Å²) in [7, 11) is 3.69. The number of aliphatic hydroxyl groups is 1. The molecule has 0 atom stereocenters. The Morgan fingerprint density at radius 2 is 2.19 bits per heavy atom. The lowest BCUT2D eigenvalue weighted by Crippen LogP contribution is -2.37. The van der Waals surface area contributed by atoms with Gasteiger partial charge in [0.15, 0.2) is 0 Å². The molecule has 1 aromatic carbocycles. The zero-order valence-corrected chi connectivity index (χ0v) is 12.8. The highest BCUT2D eigenvalue weighted by molar-refractivity contribution is 5.53. The van der Waals surface area contributed by atoms with Gasteiger partial charge < -0.3 is 20.1 Å². The Hall–Kier alpha value is -1.17. The number of benzene rings is 1. The Morgan fingerprint density at radius 3 is 2.86 bits per heavy atom. The van der Waals surface area contributed by atoms with Crippen LogP contribution in [-0.2, 0) is 11.3 Å². The van der Waals surface area contributed by atoms with Gasteiger partial charge in [0.1, 0.15) is 5.82 Å². The van der Waals surface area contributed by atoms with Crippen molar-refractivity contribution in [2.75, 3.05) is 38.8 Å². The van der Waals surface area contributed by atoms with Gasteiger partial charge in [-0.1, -0.05) is 0 Å². The van der Waals surface area contributed by atoms with Crippen molar-refractivity contribution in [1.82, 2.24) is 5.32 Å². The maximum absolute atomic E-state index is 13.5. The van der Waals surface area contributed by atoms with E-state index in [1.807, 2.05) is 13.1 Å². The van der Waals surface area contributed by atoms with Crippen molar-refractivity contribution in [2.45, 2.75) is 25.5 Å². The van der Waals surface area contributed by atoms with Gasteiger partial charge in [0.2, 0.25) is 0 Å². The number of nitrogens with zero attached hydrogens (tertiary/aromatic N) is 1. The number of methoxy groups -OCH3 is 1. The van der Waals surface area contributed by atoms with E-state index < -0.39 is 0 Å². The van der Waals surface area contributed by atoms with E-state index >= 15 is 0 Å². The van der Waals surface area contributed by atoms with Crippen LogP contribution in [0.25, 0.3) is 0 Å². The molecule has 4 nitrogen and oxygen atoms in total. The Morgan fingerprint density at radius 1 is 1.43 bits per heavy atom. The molecule has 2 rings (SSSR count). The first-order valence-corrected chi connectivity index (χ1v) is 7.47. The van der Waals surface area contributed by atoms with E-state index in [0.717, 1.165) is 37.2 Å². The van der Waals surface area contributed by atoms with Gasteiger partial charge in [-0.05, 0) is 42.5 Å². The lowest BCUT2D eigenvalue weighted by Gasteiger charge is -2.35. The molecule has 0 spiro atoms. The number of aliphatic hydroxyl groups excluding tert-OH is 1. The van der Waals surface area contributed by atoms with Gasteiger partial charge in [-0.3, -0.25) is 0 Å². The van der Waals surface area contributed by atoms with Gasteiger partial charge in [-0.2, -0.15) is 0 Å². The molecule has 1 fully saturated rings. The van der Waals surface area contributed by atoms with E-state index in [2.05, 4.69) is 10.2 Å². The molecule has 1 aliphatic rings. The third kappa shape index (κ3) is 4.66. The molecular formula is C16H25FN2O2. The van der Waals surface area contributed by atoms with E-state index in [1.165, 1.54) is 6.07 Å². The summed E-state index contributed by atoms with van der Waals surface area (Å²) in [5.41, 5.74) is 2.00. The van der Waals surface area contributed by atoms with Crippen LogP contribution in [0.5, 0.6) is 0 Å². The Labute approximate surface area is 125 Å². The standard InChI is InChI=1S/C16H25FN2O2/c1-19(11-12-7-15(20)8-12)16-4-3-14(17)9-13(16)10-18-5-6-21-2/h3-4,9,12,15,18,20H,5-8,10-11H2,1-2H3. The number of anilines is 1. The molecular weight excluding hydrogens is 271 g/mol. The minimum absolute atomic E-state index is 0.133. The Kier molecular flexibility index (Phi) is 5.96. The van der Waals surface area contributed by atoms with Crippen molar-refractivity contribution in [3.8, 4) is 0 Å². The fraction of sp³-hybridized carbons (Fsp3) is 0.625. The fourth-order valence-corrected chi connectivity index (χ4v) is 2.80. The quantitative estimate of drug-likeness (QED) is 0.718. The molecule has 0 unspecified atom stereocenters. The van der Waals surface area contributed by atoms with Gasteiger partial charge in [-0.25, -0.2) is 4.39 Å². The molecule has 2 N–H and O–H groups in total. The second-order valence-corrected chi connectivity index (χ2v) is 5.81. The van der Waals surface area contributed by atoms with Crippen LogP contribution in [0.1, 0.15) is 18.4 Å². The summed E-state index contributed by atoms with van der Waals surface area (Å²) < 4.78 is 18.5. The summed E-state index contributed by atoms with van der Waals surface area (Å²) in [6.45, 7) is 2.90. The molecule has 0 bridgehead atoms. The molecule has 0 saturated heterocycles. The summed E-state index contributed by atoms with van der Waals surface area (Å²) in [5.74, 6) is 0.319. The third-order valence-electron chi connectivity index (χ3n) is 3.99. The molecule has 0 aliphatic heterocycles. The van der Waals surface area contributed by atoms with Gasteiger partial charge in [0.05, 0.1) is 12.7 Å². The van der Waals surface area contributed by atoms with Crippen LogP contribution in [0.3, 0.4) is 0 Å². The third-order valence-corrected chi connectivity index (χ3v) is 3.99. The van der Waals surface area contributed by atoms with Gasteiger partial charge in [0.25, 0.3) is 0 Å². The summed E-state index contributed by atoms with van der Waals surface area (Å²) in [5, 5.41) is 12.6. The predicted octanol–water partition coefficient (Wildman–Crippen LogP) is 1.77. The van der Waals surface area contributed by atoms with Crippen molar-refractivity contribution in [1.29, 1.82) is 0 Å². The van der Waals surface area contributed by atoms with E-state index in [9.17, 15) is 9.50 Å². The molecule has 0 radical (unpaired) electrons. The van der Waals surface area contributed by atoms with Crippen LogP contribution in [0.2, 0.25) is 0 Å². The second-order valence-electron chi connectivity index (χ2n) is 5.81. The van der Waals surface area contributed by atoms with Crippen LogP contribution >= 0.6 is 0 Å². The topological polar surface area (TPSA) is 44.7 Å². The molecule has 1 saturated carbocycles. The molecule has 21 heavy (non-hydrogen) atoms. The normalized spacial score (nSPS) is 21.1. The molecule has 0 aromatic heterocycles. The number of hydrogen-bond donors (Lipinski definition) is 2. The first-order valence-electron chi connectivity index (χ1n) is 7.47. The largest absolute Gasteiger partial charge is 0.393 e. The van der Waals surface area contributed by atoms with Crippen LogP contribution in [0.4, 0.5) is 10.1 Å². The van der Waals surface area contributed by atoms with Gasteiger partial charge in [0, 0.05) is 39.5 Å². The number of hydrogen-bond acceptors (Lipinski definition) is 4. The van der Waals surface area contributed by atoms with Crippen molar-refractivity contribution in [3.63, 3.8) is 0 Å². The SMILES string of the molecule is COCCNCc1cc(F)ccc1N(C)CC1CC(O)C1. The van der Waals surface area contributed by atoms with Crippen molar-refractivity contribution in [2.24, 2.45) is 5.92 Å². The molecule has 0 amide bonds. The Balaban J connectivity index is 1.96. The molecule has 118 valence electrons. The van der Waals surface area contributed by atoms with Gasteiger partial charge in [-0.15, -0.1) is 0 Å². The first kappa shape index (κ1) is 16.2. The molecule has 1 aromatic rings. The van der Waals surface area contributed by atoms with E-state index in [-0.39, 0.29) is 11.9 Å². The van der Waals surface area contributed by atoms with Crippen LogP contribution in [0.15, 0.2) is 18.2 Å². The highest BCUT2D eigenvalue weighted by Gasteiger charge is 2.28. The lowest BCUT2D eigenvalue weighted by molar-refractivity contribution is 0.0464. The zero-order chi connectivity index (χ0) is 15.2. The number of ether oxygens (including phenoxy) is 1. The predicted molar refractivity (Wildman–Crippen MR) is 82.0 cm³/mol. The summed E-state index contributed by atoms with van der Waals surface area (Å²) in [4.78, 5) is 2.16. The summed E-state index contributed by atoms with van der Waals surface area (Å²) in [6.07, 6.45) is 1.60. The molecule has 1 aliphatic carbocycles. The molecule has 0 heterocycles. The zero-order valence-electron chi connectivity index (χ0n) is 12.8. The Bertz CT molecular complexity index is 450. The van der Waals surface area contributed by atoms with E-state index in [4.69, 9.17) is 4.74 Å². The minimum atomic E-state index is -0.213. The van der Waals surface area contributed by atoms with Crippen LogP contribution in [0, 0.1) is 11.7 Å². The lowest BCUT2D eigenvalue weighted by atomic mass is 9.82. The molecule has 5 heteroatoms. The minimum Gasteiger partial charge on any atom is -0.393 e.